The molecular formula is C26H35N5O7. The Bertz CT molecular complexity index is 1080. The summed E-state index contributed by atoms with van der Waals surface area (Å²) in [7, 11) is 0. The van der Waals surface area contributed by atoms with Gasteiger partial charge in [-0.25, -0.2) is 4.79 Å². The summed E-state index contributed by atoms with van der Waals surface area (Å²) >= 11 is 0. The van der Waals surface area contributed by atoms with E-state index < -0.39 is 48.4 Å². The van der Waals surface area contributed by atoms with E-state index >= 15 is 0 Å². The van der Waals surface area contributed by atoms with Gasteiger partial charge in [-0.15, -0.1) is 0 Å². The third kappa shape index (κ3) is 10.4. The van der Waals surface area contributed by atoms with Gasteiger partial charge in [-0.05, 0) is 67.6 Å². The molecule has 0 saturated heterocycles. The van der Waals surface area contributed by atoms with Gasteiger partial charge < -0.3 is 42.7 Å². The van der Waals surface area contributed by atoms with Crippen LogP contribution in [0.4, 0.5) is 0 Å². The van der Waals surface area contributed by atoms with Gasteiger partial charge in [0, 0.05) is 6.42 Å². The lowest BCUT2D eigenvalue weighted by molar-refractivity contribution is -0.142. The number of aromatic hydroxyl groups is 2. The molecule has 38 heavy (non-hydrogen) atoms. The fourth-order valence-electron chi connectivity index (χ4n) is 3.62. The van der Waals surface area contributed by atoms with E-state index in [1.165, 1.54) is 24.3 Å². The van der Waals surface area contributed by atoms with Crippen molar-refractivity contribution in [3.8, 4) is 11.5 Å². The van der Waals surface area contributed by atoms with Crippen molar-refractivity contribution in [1.29, 1.82) is 0 Å². The molecule has 2 rings (SSSR count). The van der Waals surface area contributed by atoms with Gasteiger partial charge in [0.2, 0.25) is 17.7 Å². The molecule has 0 aliphatic rings. The Balaban J connectivity index is 1.94. The van der Waals surface area contributed by atoms with E-state index in [4.69, 9.17) is 11.5 Å². The second-order valence-electron chi connectivity index (χ2n) is 8.87. The second-order valence-corrected chi connectivity index (χ2v) is 8.87. The van der Waals surface area contributed by atoms with Crippen LogP contribution in [0.5, 0.6) is 11.5 Å². The minimum atomic E-state index is -1.27. The van der Waals surface area contributed by atoms with Crippen molar-refractivity contribution in [1.82, 2.24) is 16.0 Å². The molecule has 0 saturated carbocycles. The topological polar surface area (TPSA) is 217 Å². The minimum Gasteiger partial charge on any atom is -0.508 e. The molecule has 0 aromatic heterocycles. The van der Waals surface area contributed by atoms with Crippen molar-refractivity contribution in [2.45, 2.75) is 50.2 Å². The molecule has 0 radical (unpaired) electrons. The summed E-state index contributed by atoms with van der Waals surface area (Å²) in [4.78, 5) is 49.5. The lowest BCUT2D eigenvalue weighted by Crippen LogP contribution is -2.54. The molecule has 0 aliphatic carbocycles. The number of carbonyl (C=O) groups is 4. The maximum absolute atomic E-state index is 12.9. The summed E-state index contributed by atoms with van der Waals surface area (Å²) in [6, 6.07) is 8.89. The number of carboxylic acid groups (broad SMARTS) is 1. The van der Waals surface area contributed by atoms with Crippen LogP contribution in [-0.2, 0) is 32.0 Å². The van der Waals surface area contributed by atoms with Crippen molar-refractivity contribution in [2.75, 3.05) is 13.1 Å². The Morgan fingerprint density at radius 1 is 0.763 bits per heavy atom. The van der Waals surface area contributed by atoms with Gasteiger partial charge in [-0.1, -0.05) is 24.3 Å². The number of hydrogen-bond acceptors (Lipinski definition) is 8. The smallest absolute Gasteiger partial charge is 0.326 e. The molecule has 12 nitrogen and oxygen atoms in total. The minimum absolute atomic E-state index is 0.0280. The van der Waals surface area contributed by atoms with Gasteiger partial charge >= 0.3 is 5.97 Å². The summed E-state index contributed by atoms with van der Waals surface area (Å²) in [5.74, 6) is -3.04. The number of benzene rings is 2. The van der Waals surface area contributed by atoms with E-state index in [1.54, 1.807) is 24.3 Å². The number of nitrogens with one attached hydrogen (secondary N) is 3. The van der Waals surface area contributed by atoms with Crippen LogP contribution in [0.3, 0.4) is 0 Å². The van der Waals surface area contributed by atoms with Crippen LogP contribution in [0, 0.1) is 0 Å². The number of hydrogen-bond donors (Lipinski definition) is 8. The molecule has 12 heteroatoms. The largest absolute Gasteiger partial charge is 0.508 e. The molecule has 2 aromatic carbocycles. The number of nitrogens with two attached hydrogens (primary N) is 2. The zero-order valence-corrected chi connectivity index (χ0v) is 20.9. The highest BCUT2D eigenvalue weighted by molar-refractivity contribution is 5.92. The van der Waals surface area contributed by atoms with Crippen molar-refractivity contribution in [2.24, 2.45) is 11.5 Å². The Morgan fingerprint density at radius 2 is 1.32 bits per heavy atom. The Kier molecular flexibility index (Phi) is 12.0. The van der Waals surface area contributed by atoms with Crippen LogP contribution in [0.1, 0.15) is 30.4 Å². The third-order valence-electron chi connectivity index (χ3n) is 5.74. The lowest BCUT2D eigenvalue weighted by atomic mass is 10.0. The van der Waals surface area contributed by atoms with Gasteiger partial charge in [0.05, 0.1) is 12.6 Å². The van der Waals surface area contributed by atoms with Gasteiger partial charge in [-0.2, -0.15) is 0 Å². The quantitative estimate of drug-likeness (QED) is 0.139. The monoisotopic (exact) mass is 529 g/mol. The third-order valence-corrected chi connectivity index (χ3v) is 5.74. The predicted molar refractivity (Wildman–Crippen MR) is 139 cm³/mol. The van der Waals surface area contributed by atoms with Crippen molar-refractivity contribution >= 4 is 23.7 Å². The second kappa shape index (κ2) is 15.2. The predicted octanol–water partition coefficient (Wildman–Crippen LogP) is -0.490. The van der Waals surface area contributed by atoms with Crippen LogP contribution >= 0.6 is 0 Å². The molecule has 10 N–H and O–H groups in total. The van der Waals surface area contributed by atoms with E-state index in [1.807, 2.05) is 0 Å². The Morgan fingerprint density at radius 3 is 1.84 bits per heavy atom. The number of carbonyl (C=O) groups excluding carboxylic acids is 3. The molecule has 3 atom stereocenters. The maximum atomic E-state index is 12.9. The zero-order valence-electron chi connectivity index (χ0n) is 20.9. The van der Waals surface area contributed by atoms with Crippen molar-refractivity contribution in [3.63, 3.8) is 0 Å². The molecule has 0 bridgehead atoms. The molecule has 206 valence electrons. The van der Waals surface area contributed by atoms with Gasteiger partial charge in [0.15, 0.2) is 0 Å². The average Bonchev–Trinajstić information content (AvgIpc) is 2.88. The van der Waals surface area contributed by atoms with Crippen LogP contribution in [0.2, 0.25) is 0 Å². The molecule has 0 aliphatic heterocycles. The first-order valence-corrected chi connectivity index (χ1v) is 12.2. The van der Waals surface area contributed by atoms with Crippen LogP contribution < -0.4 is 27.4 Å². The number of carboxylic acids is 1. The molecule has 2 aromatic rings. The van der Waals surface area contributed by atoms with Crippen LogP contribution in [0.25, 0.3) is 0 Å². The number of amides is 3. The van der Waals surface area contributed by atoms with E-state index in [0.717, 1.165) is 5.56 Å². The van der Waals surface area contributed by atoms with Gasteiger partial charge in [0.25, 0.3) is 0 Å². The normalized spacial score (nSPS) is 13.1. The fraction of sp³-hybridized carbons (Fsp3) is 0.385. The number of unbranched alkanes of at least 4 members (excludes halogenated alkanes) is 1. The molecule has 3 unspecified atom stereocenters. The molecular weight excluding hydrogens is 494 g/mol. The van der Waals surface area contributed by atoms with Crippen molar-refractivity contribution in [3.05, 3.63) is 59.7 Å². The summed E-state index contributed by atoms with van der Waals surface area (Å²) in [5, 5.41) is 35.8. The first-order chi connectivity index (χ1) is 18.1. The van der Waals surface area contributed by atoms with E-state index in [0.29, 0.717) is 24.9 Å². The number of rotatable bonds is 15. The summed E-state index contributed by atoms with van der Waals surface area (Å²) in [5.41, 5.74) is 12.7. The molecule has 3 amide bonds. The molecule has 0 spiro atoms. The first-order valence-electron chi connectivity index (χ1n) is 12.2. The maximum Gasteiger partial charge on any atom is 0.326 e. The van der Waals surface area contributed by atoms with E-state index in [2.05, 4.69) is 16.0 Å². The zero-order chi connectivity index (χ0) is 28.1. The lowest BCUT2D eigenvalue weighted by Gasteiger charge is -2.22. The summed E-state index contributed by atoms with van der Waals surface area (Å²) < 4.78 is 0. The molecule has 0 fully saturated rings. The van der Waals surface area contributed by atoms with E-state index in [-0.39, 0.29) is 30.8 Å². The average molecular weight is 530 g/mol. The Labute approximate surface area is 220 Å². The number of phenolic OH excluding ortho intramolecular Hbond substituents is 2. The number of aliphatic carboxylic acids is 1. The highest BCUT2D eigenvalue weighted by Gasteiger charge is 2.27. The molecule has 0 heterocycles. The van der Waals surface area contributed by atoms with E-state index in [9.17, 15) is 34.5 Å². The standard InChI is InChI=1S/C26H35N5O7/c27-12-2-1-3-21(25(36)31-22(26(37)38)14-17-6-10-19(33)11-7-17)30-23(34)15-29-24(35)20(28)13-16-4-8-18(32)9-5-16/h4-11,20-22,32-33H,1-3,12-15,27-28H2,(H,29,35)(H,30,34)(H,31,36)(H,37,38). The van der Waals surface area contributed by atoms with Crippen molar-refractivity contribution < 1.29 is 34.5 Å². The first kappa shape index (κ1) is 30.1. The van der Waals surface area contributed by atoms with Crippen LogP contribution in [0.15, 0.2) is 48.5 Å². The highest BCUT2D eigenvalue weighted by Crippen LogP contribution is 2.12. The number of phenols is 2. The SMILES string of the molecule is NCCCCC(NC(=O)CNC(=O)C(N)Cc1ccc(O)cc1)C(=O)NC(Cc1ccc(O)cc1)C(=O)O. The highest BCUT2D eigenvalue weighted by atomic mass is 16.4. The summed E-state index contributed by atoms with van der Waals surface area (Å²) in [6.45, 7) is -0.0471. The van der Waals surface area contributed by atoms with Crippen LogP contribution in [-0.4, -0.2) is 70.2 Å². The van der Waals surface area contributed by atoms with Gasteiger partial charge in [-0.3, -0.25) is 14.4 Å². The Hall–Kier alpha value is -4.16. The van der Waals surface area contributed by atoms with Gasteiger partial charge in [0.1, 0.15) is 23.6 Å². The summed E-state index contributed by atoms with van der Waals surface area (Å²) in [6.07, 6.45) is 1.48. The fourth-order valence-corrected chi connectivity index (χ4v) is 3.62.